The van der Waals surface area contributed by atoms with Crippen LogP contribution in [-0.2, 0) is 0 Å². The molecule has 0 unspecified atom stereocenters. The van der Waals surface area contributed by atoms with Crippen molar-refractivity contribution in [3.8, 4) is 11.6 Å². The van der Waals surface area contributed by atoms with Crippen LogP contribution in [-0.4, -0.2) is 40.7 Å². The number of hydrogen-bond donors (Lipinski definition) is 1. The van der Waals surface area contributed by atoms with Gasteiger partial charge in [-0.1, -0.05) is 29.8 Å². The number of amides is 2. The number of hydrogen-bond acceptors (Lipinski definition) is 5. The third-order valence-corrected chi connectivity index (χ3v) is 6.25. The van der Waals surface area contributed by atoms with E-state index in [1.807, 2.05) is 36.1 Å². The van der Waals surface area contributed by atoms with Gasteiger partial charge in [-0.05, 0) is 37.3 Å². The molecule has 5 rings (SSSR count). The minimum absolute atomic E-state index is 0.0898. The van der Waals surface area contributed by atoms with Gasteiger partial charge in [0.1, 0.15) is 11.6 Å². The molecule has 0 radical (unpaired) electrons. The maximum Gasteiger partial charge on any atom is 0.322 e. The lowest BCUT2D eigenvalue weighted by molar-refractivity contribution is 0.128. The Morgan fingerprint density at radius 3 is 2.84 bits per heavy atom. The summed E-state index contributed by atoms with van der Waals surface area (Å²) in [5.74, 6) is 2.23. The first-order valence-electron chi connectivity index (χ1n) is 10.6. The smallest absolute Gasteiger partial charge is 0.322 e. The Kier molecular flexibility index (Phi) is 5.57. The number of carbonyl (C=O) groups is 1. The maximum absolute atomic E-state index is 13.3. The summed E-state index contributed by atoms with van der Waals surface area (Å²) in [5, 5.41) is 3.63. The molecule has 3 heterocycles. The van der Waals surface area contributed by atoms with Crippen molar-refractivity contribution in [3.63, 3.8) is 0 Å². The molecule has 1 aromatic heterocycles. The lowest BCUT2D eigenvalue weighted by atomic mass is 9.86. The number of carbonyl (C=O) groups excluding carboxylic acids is 1. The molecule has 7 nitrogen and oxygen atoms in total. The van der Waals surface area contributed by atoms with E-state index in [-0.39, 0.29) is 23.9 Å². The van der Waals surface area contributed by atoms with E-state index in [2.05, 4.69) is 15.3 Å². The standard InChI is InChI=1S/C24H23ClN4O3/c1-15-26-11-10-22(27-15)32-13-16-12-29(24(30)28-18-8-6-17(25)7-9-18)23-19-4-2-3-5-21(19)31-14-20(16)23/h2-11,16,20,23H,12-14H2,1H3,(H,28,30)/t16-,20-,23-/m0/s1. The summed E-state index contributed by atoms with van der Waals surface area (Å²) in [6.45, 7) is 3.35. The first-order valence-corrected chi connectivity index (χ1v) is 10.9. The zero-order valence-corrected chi connectivity index (χ0v) is 18.3. The Morgan fingerprint density at radius 1 is 1.22 bits per heavy atom. The molecule has 2 aliphatic rings. The lowest BCUT2D eigenvalue weighted by Gasteiger charge is -2.34. The number of urea groups is 1. The molecular weight excluding hydrogens is 428 g/mol. The van der Waals surface area contributed by atoms with Crippen LogP contribution in [0, 0.1) is 18.8 Å². The van der Waals surface area contributed by atoms with Crippen molar-refractivity contribution in [2.45, 2.75) is 13.0 Å². The number of aromatic nitrogens is 2. The fourth-order valence-electron chi connectivity index (χ4n) is 4.48. The van der Waals surface area contributed by atoms with E-state index >= 15 is 0 Å². The number of rotatable bonds is 4. The number of aryl methyl sites for hydroxylation is 1. The Labute approximate surface area is 191 Å². The van der Waals surface area contributed by atoms with Gasteiger partial charge in [0, 0.05) is 46.9 Å². The van der Waals surface area contributed by atoms with Gasteiger partial charge in [0.25, 0.3) is 0 Å². The van der Waals surface area contributed by atoms with Crippen molar-refractivity contribution >= 4 is 23.3 Å². The number of nitrogens with one attached hydrogen (secondary N) is 1. The van der Waals surface area contributed by atoms with Crippen LogP contribution < -0.4 is 14.8 Å². The zero-order valence-electron chi connectivity index (χ0n) is 17.6. The minimum Gasteiger partial charge on any atom is -0.493 e. The number of benzene rings is 2. The van der Waals surface area contributed by atoms with Crippen LogP contribution in [0.5, 0.6) is 11.6 Å². The number of nitrogens with zero attached hydrogens (tertiary/aromatic N) is 3. The third-order valence-electron chi connectivity index (χ3n) is 6.00. The number of fused-ring (bicyclic) bond motifs is 3. The molecular formula is C24H23ClN4O3. The zero-order chi connectivity index (χ0) is 22.1. The van der Waals surface area contributed by atoms with Gasteiger partial charge < -0.3 is 19.7 Å². The normalized spacial score (nSPS) is 21.3. The number of ether oxygens (including phenoxy) is 2. The van der Waals surface area contributed by atoms with Gasteiger partial charge in [-0.2, -0.15) is 4.98 Å². The van der Waals surface area contributed by atoms with E-state index in [4.69, 9.17) is 21.1 Å². The molecule has 1 N–H and O–H groups in total. The molecule has 0 aliphatic carbocycles. The molecule has 2 amide bonds. The summed E-state index contributed by atoms with van der Waals surface area (Å²) in [6.07, 6.45) is 1.68. The van der Waals surface area contributed by atoms with Crippen LogP contribution in [0.2, 0.25) is 5.02 Å². The van der Waals surface area contributed by atoms with Gasteiger partial charge >= 0.3 is 6.03 Å². The van der Waals surface area contributed by atoms with Crippen LogP contribution in [0.4, 0.5) is 10.5 Å². The highest BCUT2D eigenvalue weighted by molar-refractivity contribution is 6.30. The molecule has 1 fully saturated rings. The highest BCUT2D eigenvalue weighted by Gasteiger charge is 2.48. The van der Waals surface area contributed by atoms with Crippen molar-refractivity contribution < 1.29 is 14.3 Å². The molecule has 0 bridgehead atoms. The van der Waals surface area contributed by atoms with Crippen LogP contribution in [0.25, 0.3) is 0 Å². The molecule has 1 saturated heterocycles. The molecule has 2 aromatic carbocycles. The Balaban J connectivity index is 1.39. The van der Waals surface area contributed by atoms with Crippen LogP contribution in [0.15, 0.2) is 60.8 Å². The second-order valence-corrected chi connectivity index (χ2v) is 8.50. The van der Waals surface area contributed by atoms with Crippen molar-refractivity contribution in [1.29, 1.82) is 0 Å². The van der Waals surface area contributed by atoms with Crippen molar-refractivity contribution in [3.05, 3.63) is 77.2 Å². The monoisotopic (exact) mass is 450 g/mol. The molecule has 8 heteroatoms. The Hall–Kier alpha value is -3.32. The average Bonchev–Trinajstić information content (AvgIpc) is 3.19. The van der Waals surface area contributed by atoms with E-state index in [1.165, 1.54) is 0 Å². The van der Waals surface area contributed by atoms with Gasteiger partial charge in [0.2, 0.25) is 5.88 Å². The van der Waals surface area contributed by atoms with E-state index in [0.717, 1.165) is 11.3 Å². The first kappa shape index (κ1) is 20.6. The fourth-order valence-corrected chi connectivity index (χ4v) is 4.61. The Morgan fingerprint density at radius 2 is 2.03 bits per heavy atom. The topological polar surface area (TPSA) is 76.6 Å². The van der Waals surface area contributed by atoms with Gasteiger partial charge in [0.15, 0.2) is 0 Å². The molecule has 32 heavy (non-hydrogen) atoms. The SMILES string of the molecule is Cc1nccc(OC[C@@H]2CN(C(=O)Nc3ccc(Cl)cc3)[C@H]3c4ccccc4OC[C@@H]23)n1. The number of para-hydroxylation sites is 1. The Bertz CT molecular complexity index is 1120. The molecule has 0 spiro atoms. The van der Waals surface area contributed by atoms with Crippen molar-refractivity contribution in [2.75, 3.05) is 25.1 Å². The molecule has 164 valence electrons. The minimum atomic E-state index is -0.153. The third kappa shape index (κ3) is 4.08. The number of halogens is 1. The predicted octanol–water partition coefficient (Wildman–Crippen LogP) is 4.73. The summed E-state index contributed by atoms with van der Waals surface area (Å²) in [6, 6.07) is 16.5. The van der Waals surface area contributed by atoms with E-state index in [9.17, 15) is 4.79 Å². The number of likely N-dealkylation sites (tertiary alicyclic amines) is 1. The largest absolute Gasteiger partial charge is 0.493 e. The van der Waals surface area contributed by atoms with Crippen molar-refractivity contribution in [1.82, 2.24) is 14.9 Å². The maximum atomic E-state index is 13.3. The second-order valence-electron chi connectivity index (χ2n) is 8.06. The highest BCUT2D eigenvalue weighted by atomic mass is 35.5. The van der Waals surface area contributed by atoms with Gasteiger partial charge in [0.05, 0.1) is 19.3 Å². The molecule has 2 aliphatic heterocycles. The van der Waals surface area contributed by atoms with Gasteiger partial charge in [-0.3, -0.25) is 0 Å². The summed E-state index contributed by atoms with van der Waals surface area (Å²) in [4.78, 5) is 23.6. The highest BCUT2D eigenvalue weighted by Crippen LogP contribution is 2.47. The summed E-state index contributed by atoms with van der Waals surface area (Å²) >= 11 is 5.98. The van der Waals surface area contributed by atoms with E-state index < -0.39 is 0 Å². The second kappa shape index (κ2) is 8.67. The summed E-state index contributed by atoms with van der Waals surface area (Å²) in [5.41, 5.74) is 1.72. The van der Waals surface area contributed by atoms with Gasteiger partial charge in [-0.15, -0.1) is 0 Å². The van der Waals surface area contributed by atoms with E-state index in [0.29, 0.717) is 42.2 Å². The van der Waals surface area contributed by atoms with Crippen LogP contribution in [0.1, 0.15) is 17.4 Å². The predicted molar refractivity (Wildman–Crippen MR) is 121 cm³/mol. The van der Waals surface area contributed by atoms with Crippen LogP contribution >= 0.6 is 11.6 Å². The average molecular weight is 451 g/mol. The number of anilines is 1. The van der Waals surface area contributed by atoms with E-state index in [1.54, 1.807) is 36.5 Å². The van der Waals surface area contributed by atoms with Gasteiger partial charge in [-0.25, -0.2) is 9.78 Å². The fraction of sp³-hybridized carbons (Fsp3) is 0.292. The summed E-state index contributed by atoms with van der Waals surface area (Å²) < 4.78 is 12.0. The lowest BCUT2D eigenvalue weighted by Crippen LogP contribution is -2.38. The molecule has 0 saturated carbocycles. The van der Waals surface area contributed by atoms with Crippen molar-refractivity contribution in [2.24, 2.45) is 11.8 Å². The molecule has 3 atom stereocenters. The quantitative estimate of drug-likeness (QED) is 0.621. The molecule has 3 aromatic rings. The van der Waals surface area contributed by atoms with Crippen LogP contribution in [0.3, 0.4) is 0 Å². The summed E-state index contributed by atoms with van der Waals surface area (Å²) in [7, 11) is 0. The first-order chi connectivity index (χ1) is 15.6.